The molecule has 1 aromatic rings. The monoisotopic (exact) mass is 272 g/mol. The number of hydrogen-bond donors (Lipinski definition) is 2. The highest BCUT2D eigenvalue weighted by molar-refractivity contribution is 8.00. The van der Waals surface area contributed by atoms with Gasteiger partial charge in [-0.3, -0.25) is 5.41 Å². The number of aryl methyl sites for hydroxylation is 1. The summed E-state index contributed by atoms with van der Waals surface area (Å²) in [4.78, 5) is 0.862. The van der Waals surface area contributed by atoms with Crippen molar-refractivity contribution in [1.82, 2.24) is 0 Å². The van der Waals surface area contributed by atoms with E-state index in [-0.39, 0.29) is 11.6 Å². The smallest absolute Gasteiger partial charge is 0.148 e. The van der Waals surface area contributed by atoms with Crippen molar-refractivity contribution in [3.05, 3.63) is 29.3 Å². The molecular weight excluding hydrogens is 256 g/mol. The molecule has 0 aliphatic carbocycles. The topological polar surface area (TPSA) is 84.0 Å². The number of nitrogens with two attached hydrogens (primary N) is 1. The van der Waals surface area contributed by atoms with Crippen LogP contribution in [0.3, 0.4) is 0 Å². The van der Waals surface area contributed by atoms with Gasteiger partial charge in [0, 0.05) is 22.5 Å². The fourth-order valence-corrected chi connectivity index (χ4v) is 3.64. The normalized spacial score (nSPS) is 11.4. The standard InChI is InChI=1S/C11H16N2O2S2/c1-8-3-4-9(11(12)13)10(7-8)16-5-6-17(2,14)15/h3-4,7H,5-6H2,1-2H3,(H3,12,13). The Morgan fingerprint density at radius 3 is 2.65 bits per heavy atom. The first kappa shape index (κ1) is 14.1. The Hall–Kier alpha value is -1.01. The number of nitrogen functional groups attached to an aromatic ring is 1. The highest BCUT2D eigenvalue weighted by atomic mass is 32.2. The Balaban J connectivity index is 2.82. The number of nitrogens with one attached hydrogen (secondary N) is 1. The predicted octanol–water partition coefficient (Wildman–Crippen LogP) is 1.42. The number of thioether (sulfide) groups is 1. The van der Waals surface area contributed by atoms with Gasteiger partial charge in [0.2, 0.25) is 0 Å². The van der Waals surface area contributed by atoms with Crippen LogP contribution in [-0.4, -0.2) is 32.0 Å². The third-order valence-electron chi connectivity index (χ3n) is 2.14. The summed E-state index contributed by atoms with van der Waals surface area (Å²) in [6.07, 6.45) is 1.22. The minimum atomic E-state index is -2.94. The Morgan fingerprint density at radius 2 is 2.12 bits per heavy atom. The maximum atomic E-state index is 11.0. The van der Waals surface area contributed by atoms with Crippen molar-refractivity contribution in [2.75, 3.05) is 17.8 Å². The van der Waals surface area contributed by atoms with Crippen LogP contribution in [0.4, 0.5) is 0 Å². The van der Waals surface area contributed by atoms with Crippen LogP contribution in [-0.2, 0) is 9.84 Å². The van der Waals surface area contributed by atoms with E-state index in [4.69, 9.17) is 11.1 Å². The summed E-state index contributed by atoms with van der Waals surface area (Å²) in [6.45, 7) is 1.95. The quantitative estimate of drug-likeness (QED) is 0.482. The van der Waals surface area contributed by atoms with Crippen molar-refractivity contribution in [3.63, 3.8) is 0 Å². The zero-order valence-electron chi connectivity index (χ0n) is 9.86. The molecule has 0 amide bonds. The molecule has 1 rings (SSSR count). The van der Waals surface area contributed by atoms with Crippen LogP contribution in [0.2, 0.25) is 0 Å². The van der Waals surface area contributed by atoms with E-state index in [1.807, 2.05) is 19.1 Å². The molecule has 0 spiro atoms. The van der Waals surface area contributed by atoms with Gasteiger partial charge in [-0.25, -0.2) is 8.42 Å². The van der Waals surface area contributed by atoms with Crippen molar-refractivity contribution in [3.8, 4) is 0 Å². The van der Waals surface area contributed by atoms with Crippen molar-refractivity contribution in [1.29, 1.82) is 5.41 Å². The van der Waals surface area contributed by atoms with E-state index in [9.17, 15) is 8.42 Å². The highest BCUT2D eigenvalue weighted by Crippen LogP contribution is 2.24. The first-order valence-electron chi connectivity index (χ1n) is 5.05. The van der Waals surface area contributed by atoms with E-state index in [0.717, 1.165) is 10.5 Å². The Morgan fingerprint density at radius 1 is 1.47 bits per heavy atom. The molecule has 0 atom stereocenters. The van der Waals surface area contributed by atoms with Gasteiger partial charge < -0.3 is 5.73 Å². The molecule has 0 aliphatic rings. The van der Waals surface area contributed by atoms with Gasteiger partial charge in [0.25, 0.3) is 0 Å². The SMILES string of the molecule is Cc1ccc(C(=N)N)c(SCCS(C)(=O)=O)c1. The van der Waals surface area contributed by atoms with E-state index in [1.54, 1.807) is 6.07 Å². The van der Waals surface area contributed by atoms with Crippen LogP contribution >= 0.6 is 11.8 Å². The van der Waals surface area contributed by atoms with Gasteiger partial charge in [0.1, 0.15) is 15.7 Å². The Bertz CT molecular complexity index is 524. The molecule has 0 fully saturated rings. The lowest BCUT2D eigenvalue weighted by molar-refractivity contribution is 0.603. The van der Waals surface area contributed by atoms with Crippen molar-refractivity contribution in [2.45, 2.75) is 11.8 Å². The molecule has 0 bridgehead atoms. The maximum absolute atomic E-state index is 11.0. The minimum absolute atomic E-state index is 0.00635. The second kappa shape index (κ2) is 5.55. The van der Waals surface area contributed by atoms with Gasteiger partial charge >= 0.3 is 0 Å². The van der Waals surface area contributed by atoms with E-state index >= 15 is 0 Å². The van der Waals surface area contributed by atoms with Crippen LogP contribution in [0, 0.1) is 12.3 Å². The lowest BCUT2D eigenvalue weighted by Gasteiger charge is -2.08. The third kappa shape index (κ3) is 4.79. The van der Waals surface area contributed by atoms with Crippen LogP contribution < -0.4 is 5.73 Å². The van der Waals surface area contributed by atoms with E-state index < -0.39 is 9.84 Å². The van der Waals surface area contributed by atoms with Gasteiger partial charge in [-0.1, -0.05) is 6.07 Å². The molecule has 0 radical (unpaired) electrons. The molecule has 17 heavy (non-hydrogen) atoms. The average molecular weight is 272 g/mol. The van der Waals surface area contributed by atoms with Crippen molar-refractivity contribution in [2.24, 2.45) is 5.73 Å². The van der Waals surface area contributed by atoms with Crippen LogP contribution in [0.5, 0.6) is 0 Å². The molecule has 0 heterocycles. The number of hydrogen-bond acceptors (Lipinski definition) is 4. The fraction of sp³-hybridized carbons (Fsp3) is 0.364. The zero-order valence-corrected chi connectivity index (χ0v) is 11.5. The zero-order chi connectivity index (χ0) is 13.1. The molecule has 0 unspecified atom stereocenters. The van der Waals surface area contributed by atoms with Crippen LogP contribution in [0.1, 0.15) is 11.1 Å². The number of rotatable bonds is 5. The fourth-order valence-electron chi connectivity index (χ4n) is 1.27. The van der Waals surface area contributed by atoms with Crippen LogP contribution in [0.15, 0.2) is 23.1 Å². The number of amidine groups is 1. The molecular formula is C11H16N2O2S2. The van der Waals surface area contributed by atoms with Gasteiger partial charge in [-0.05, 0) is 24.6 Å². The van der Waals surface area contributed by atoms with Gasteiger partial charge in [-0.15, -0.1) is 11.8 Å². The summed E-state index contributed by atoms with van der Waals surface area (Å²) < 4.78 is 22.1. The summed E-state index contributed by atoms with van der Waals surface area (Å²) in [5.41, 5.74) is 7.20. The van der Waals surface area contributed by atoms with E-state index in [2.05, 4.69) is 0 Å². The molecule has 0 saturated heterocycles. The summed E-state index contributed by atoms with van der Waals surface area (Å²) in [7, 11) is -2.94. The van der Waals surface area contributed by atoms with Gasteiger partial charge in [0.05, 0.1) is 5.75 Å². The molecule has 0 saturated carbocycles. The molecule has 6 heteroatoms. The maximum Gasteiger partial charge on any atom is 0.148 e. The van der Waals surface area contributed by atoms with Crippen molar-refractivity contribution >= 4 is 27.4 Å². The lowest BCUT2D eigenvalue weighted by Crippen LogP contribution is -2.13. The lowest BCUT2D eigenvalue weighted by atomic mass is 10.1. The average Bonchev–Trinajstić information content (AvgIpc) is 2.15. The molecule has 3 N–H and O–H groups in total. The van der Waals surface area contributed by atoms with E-state index in [0.29, 0.717) is 11.3 Å². The molecule has 94 valence electrons. The van der Waals surface area contributed by atoms with E-state index in [1.165, 1.54) is 18.0 Å². The van der Waals surface area contributed by atoms with Crippen molar-refractivity contribution < 1.29 is 8.42 Å². The summed E-state index contributed by atoms with van der Waals surface area (Å²) in [6, 6.07) is 5.60. The highest BCUT2D eigenvalue weighted by Gasteiger charge is 2.08. The second-order valence-electron chi connectivity index (χ2n) is 3.89. The van der Waals surface area contributed by atoms with Gasteiger partial charge in [0.15, 0.2) is 0 Å². The summed E-state index contributed by atoms with van der Waals surface area (Å²) in [5, 5.41) is 7.45. The third-order valence-corrected chi connectivity index (χ3v) is 4.40. The largest absolute Gasteiger partial charge is 0.384 e. The van der Waals surface area contributed by atoms with Crippen LogP contribution in [0.25, 0.3) is 0 Å². The Kier molecular flexibility index (Phi) is 4.59. The minimum Gasteiger partial charge on any atom is -0.384 e. The van der Waals surface area contributed by atoms with Gasteiger partial charge in [-0.2, -0.15) is 0 Å². The number of sulfone groups is 1. The Labute approximate surface area is 106 Å². The molecule has 0 aliphatic heterocycles. The second-order valence-corrected chi connectivity index (χ2v) is 7.29. The molecule has 0 aromatic heterocycles. The summed E-state index contributed by atoms with van der Waals surface area (Å²) in [5.74, 6) is 0.609. The first-order chi connectivity index (χ1) is 7.79. The molecule has 4 nitrogen and oxygen atoms in total. The summed E-state index contributed by atoms with van der Waals surface area (Å²) >= 11 is 1.42. The number of benzene rings is 1. The first-order valence-corrected chi connectivity index (χ1v) is 8.10. The predicted molar refractivity (Wildman–Crippen MR) is 72.6 cm³/mol. The molecule has 1 aromatic carbocycles.